The first-order chi connectivity index (χ1) is 8.75. The third kappa shape index (κ3) is 2.77. The van der Waals surface area contributed by atoms with Gasteiger partial charge in [-0.25, -0.2) is 0 Å². The molecule has 1 aromatic carbocycles. The second-order valence-electron chi connectivity index (χ2n) is 5.58. The molecule has 3 atom stereocenters. The van der Waals surface area contributed by atoms with Crippen LogP contribution in [0.5, 0.6) is 0 Å². The first kappa shape index (κ1) is 14.4. The van der Waals surface area contributed by atoms with E-state index in [1.165, 1.54) is 19.3 Å². The summed E-state index contributed by atoms with van der Waals surface area (Å²) in [5, 5.41) is 0. The van der Waals surface area contributed by atoms with Gasteiger partial charge < -0.3 is 10.6 Å². The van der Waals surface area contributed by atoms with Crippen molar-refractivity contribution in [3.05, 3.63) is 35.9 Å². The molecule has 0 aromatic heterocycles. The van der Waals surface area contributed by atoms with E-state index in [1.807, 2.05) is 35.2 Å². The molecule has 1 saturated heterocycles. The Balaban J connectivity index is 0.00000133. The van der Waals surface area contributed by atoms with Gasteiger partial charge in [0.15, 0.2) is 0 Å². The van der Waals surface area contributed by atoms with E-state index < -0.39 is 6.04 Å². The fraction of sp³-hybridized carbons (Fsp3) is 0.533. The zero-order valence-electron chi connectivity index (χ0n) is 11.0. The molecule has 1 amide bonds. The largest absolute Gasteiger partial charge is 0.340 e. The van der Waals surface area contributed by atoms with Crippen LogP contribution in [0.3, 0.4) is 0 Å². The van der Waals surface area contributed by atoms with Gasteiger partial charge in [-0.3, -0.25) is 4.79 Å². The van der Waals surface area contributed by atoms with Crippen LogP contribution < -0.4 is 5.73 Å². The number of hydrogen-bond acceptors (Lipinski definition) is 2. The maximum absolute atomic E-state index is 12.4. The van der Waals surface area contributed by atoms with Crippen LogP contribution in [0.4, 0.5) is 0 Å². The molecular weight excluding hydrogens is 260 g/mol. The summed E-state index contributed by atoms with van der Waals surface area (Å²) in [7, 11) is 0. The number of nitrogens with two attached hydrogens (primary N) is 1. The Morgan fingerprint density at radius 2 is 1.74 bits per heavy atom. The predicted molar refractivity (Wildman–Crippen MR) is 78.0 cm³/mol. The van der Waals surface area contributed by atoms with Gasteiger partial charge in [0.1, 0.15) is 6.04 Å². The quantitative estimate of drug-likeness (QED) is 0.904. The molecule has 0 bridgehead atoms. The highest BCUT2D eigenvalue weighted by atomic mass is 35.5. The number of likely N-dealkylation sites (tertiary alicyclic amines) is 1. The Kier molecular flexibility index (Phi) is 4.48. The van der Waals surface area contributed by atoms with Crippen LogP contribution in [0.15, 0.2) is 30.3 Å². The number of halogens is 1. The van der Waals surface area contributed by atoms with Gasteiger partial charge in [-0.1, -0.05) is 36.8 Å². The van der Waals surface area contributed by atoms with Crippen molar-refractivity contribution in [3.63, 3.8) is 0 Å². The van der Waals surface area contributed by atoms with E-state index >= 15 is 0 Å². The van der Waals surface area contributed by atoms with E-state index in [0.29, 0.717) is 0 Å². The van der Waals surface area contributed by atoms with Gasteiger partial charge in [0.25, 0.3) is 0 Å². The molecule has 2 fully saturated rings. The lowest BCUT2D eigenvalue weighted by Crippen LogP contribution is -2.37. The monoisotopic (exact) mass is 280 g/mol. The lowest BCUT2D eigenvalue weighted by Gasteiger charge is -2.21. The summed E-state index contributed by atoms with van der Waals surface area (Å²) in [6, 6.07) is 9.17. The van der Waals surface area contributed by atoms with E-state index in [0.717, 1.165) is 30.5 Å². The molecule has 0 spiro atoms. The summed E-state index contributed by atoms with van der Waals surface area (Å²) >= 11 is 0. The topological polar surface area (TPSA) is 46.3 Å². The van der Waals surface area contributed by atoms with E-state index in [4.69, 9.17) is 5.73 Å². The summed E-state index contributed by atoms with van der Waals surface area (Å²) in [5.74, 6) is 1.56. The fourth-order valence-corrected chi connectivity index (χ4v) is 3.41. The highest BCUT2D eigenvalue weighted by Crippen LogP contribution is 2.38. The van der Waals surface area contributed by atoms with Crippen molar-refractivity contribution in [2.75, 3.05) is 13.1 Å². The van der Waals surface area contributed by atoms with Gasteiger partial charge >= 0.3 is 0 Å². The number of hydrogen-bond donors (Lipinski definition) is 1. The minimum Gasteiger partial charge on any atom is -0.340 e. The second-order valence-corrected chi connectivity index (χ2v) is 5.58. The SMILES string of the molecule is Cl.NC(C(=O)N1CC2CCCC2C1)c1ccccc1. The molecule has 0 radical (unpaired) electrons. The molecule has 104 valence electrons. The number of benzene rings is 1. The van der Waals surface area contributed by atoms with Gasteiger partial charge in [0.05, 0.1) is 0 Å². The maximum Gasteiger partial charge on any atom is 0.244 e. The van der Waals surface area contributed by atoms with Crippen molar-refractivity contribution in [1.82, 2.24) is 4.90 Å². The average Bonchev–Trinajstić information content (AvgIpc) is 2.99. The van der Waals surface area contributed by atoms with Crippen LogP contribution in [0, 0.1) is 11.8 Å². The number of fused-ring (bicyclic) bond motifs is 1. The molecular formula is C15H21ClN2O. The van der Waals surface area contributed by atoms with E-state index in [2.05, 4.69) is 0 Å². The Morgan fingerprint density at radius 1 is 1.16 bits per heavy atom. The number of amides is 1. The molecule has 1 saturated carbocycles. The average molecular weight is 281 g/mol. The molecule has 3 rings (SSSR count). The molecule has 3 unspecified atom stereocenters. The molecule has 2 N–H and O–H groups in total. The third-order valence-electron chi connectivity index (χ3n) is 4.46. The number of nitrogens with zero attached hydrogens (tertiary/aromatic N) is 1. The molecule has 1 aliphatic heterocycles. The molecule has 2 aliphatic rings. The van der Waals surface area contributed by atoms with Gasteiger partial charge in [-0.15, -0.1) is 12.4 Å². The maximum atomic E-state index is 12.4. The summed E-state index contributed by atoms with van der Waals surface area (Å²) in [6.45, 7) is 1.84. The first-order valence-corrected chi connectivity index (χ1v) is 6.85. The number of rotatable bonds is 2. The van der Waals surface area contributed by atoms with Crippen LogP contribution in [0.25, 0.3) is 0 Å². The van der Waals surface area contributed by atoms with E-state index in [9.17, 15) is 4.79 Å². The third-order valence-corrected chi connectivity index (χ3v) is 4.46. The highest BCUT2D eigenvalue weighted by Gasteiger charge is 2.39. The van der Waals surface area contributed by atoms with Gasteiger partial charge in [-0.05, 0) is 30.2 Å². The first-order valence-electron chi connectivity index (χ1n) is 6.85. The summed E-state index contributed by atoms with van der Waals surface area (Å²) < 4.78 is 0. The Hall–Kier alpha value is -1.06. The standard InChI is InChI=1S/C15H20N2O.ClH/c16-14(11-5-2-1-3-6-11)15(18)17-9-12-7-4-8-13(12)10-17;/h1-3,5-6,12-14H,4,7-10,16H2;1H. The Morgan fingerprint density at radius 3 is 2.32 bits per heavy atom. The van der Waals surface area contributed by atoms with Crippen molar-refractivity contribution >= 4 is 18.3 Å². The Bertz CT molecular complexity index is 425. The molecule has 19 heavy (non-hydrogen) atoms. The zero-order chi connectivity index (χ0) is 12.5. The van der Waals surface area contributed by atoms with Gasteiger partial charge in [0.2, 0.25) is 5.91 Å². The van der Waals surface area contributed by atoms with Crippen molar-refractivity contribution < 1.29 is 4.79 Å². The fourth-order valence-electron chi connectivity index (χ4n) is 3.41. The molecule has 1 aromatic rings. The van der Waals surface area contributed by atoms with Crippen LogP contribution in [0.1, 0.15) is 30.9 Å². The summed E-state index contributed by atoms with van der Waals surface area (Å²) in [4.78, 5) is 14.4. The minimum absolute atomic E-state index is 0. The van der Waals surface area contributed by atoms with Crippen molar-refractivity contribution in [1.29, 1.82) is 0 Å². The minimum atomic E-state index is -0.495. The van der Waals surface area contributed by atoms with Crippen LogP contribution in [-0.2, 0) is 4.79 Å². The number of carbonyl (C=O) groups is 1. The lowest BCUT2D eigenvalue weighted by molar-refractivity contribution is -0.132. The van der Waals surface area contributed by atoms with Crippen molar-refractivity contribution in [2.24, 2.45) is 17.6 Å². The van der Waals surface area contributed by atoms with Crippen molar-refractivity contribution in [2.45, 2.75) is 25.3 Å². The smallest absolute Gasteiger partial charge is 0.244 e. The zero-order valence-corrected chi connectivity index (χ0v) is 11.8. The van der Waals surface area contributed by atoms with Gasteiger partial charge in [0, 0.05) is 13.1 Å². The van der Waals surface area contributed by atoms with E-state index in [-0.39, 0.29) is 18.3 Å². The lowest BCUT2D eigenvalue weighted by atomic mass is 10.0. The number of carbonyl (C=O) groups excluding carboxylic acids is 1. The van der Waals surface area contributed by atoms with E-state index in [1.54, 1.807) is 0 Å². The Labute approximate surface area is 120 Å². The summed E-state index contributed by atoms with van der Waals surface area (Å²) in [5.41, 5.74) is 6.99. The van der Waals surface area contributed by atoms with Crippen LogP contribution in [0.2, 0.25) is 0 Å². The second kappa shape index (κ2) is 5.93. The molecule has 1 heterocycles. The predicted octanol–water partition coefficient (Wildman–Crippen LogP) is 2.37. The van der Waals surface area contributed by atoms with Crippen molar-refractivity contribution in [3.8, 4) is 0 Å². The van der Waals surface area contributed by atoms with Crippen LogP contribution >= 0.6 is 12.4 Å². The summed E-state index contributed by atoms with van der Waals surface area (Å²) in [6.07, 6.45) is 3.91. The molecule has 3 nitrogen and oxygen atoms in total. The van der Waals surface area contributed by atoms with Crippen LogP contribution in [-0.4, -0.2) is 23.9 Å². The highest BCUT2D eigenvalue weighted by molar-refractivity contribution is 5.85. The molecule has 1 aliphatic carbocycles. The normalized spacial score (nSPS) is 26.7. The van der Waals surface area contributed by atoms with Gasteiger partial charge in [-0.2, -0.15) is 0 Å². The molecule has 4 heteroatoms.